The summed E-state index contributed by atoms with van der Waals surface area (Å²) in [5.74, 6) is 0. The van der Waals surface area contributed by atoms with Crippen LogP contribution in [-0.2, 0) is 9.09 Å². The second-order valence-corrected chi connectivity index (χ2v) is 8.47. The molecule has 5 heteroatoms. The van der Waals surface area contributed by atoms with Crippen LogP contribution in [-0.4, -0.2) is 61.7 Å². The van der Waals surface area contributed by atoms with Gasteiger partial charge >= 0.3 is 0 Å². The van der Waals surface area contributed by atoms with Gasteiger partial charge in [-0.1, -0.05) is 27.7 Å². The normalized spacial score (nSPS) is 24.5. The van der Waals surface area contributed by atoms with Gasteiger partial charge in [-0.25, -0.2) is 4.67 Å². The number of quaternary nitrogens is 1. The second kappa shape index (κ2) is 10.8. The second-order valence-electron chi connectivity index (χ2n) is 6.04. The van der Waals surface area contributed by atoms with Crippen LogP contribution in [0.5, 0.6) is 0 Å². The van der Waals surface area contributed by atoms with E-state index < -0.39 is 7.52 Å². The molecule has 134 valence electrons. The summed E-state index contributed by atoms with van der Waals surface area (Å²) in [5, 5.41) is 0. The summed E-state index contributed by atoms with van der Waals surface area (Å²) in [7, 11) is -0.117. The molecule has 1 unspecified atom stereocenters. The first kappa shape index (κ1) is 22.1. The highest BCUT2D eigenvalue weighted by molar-refractivity contribution is 7.55. The van der Waals surface area contributed by atoms with Crippen LogP contribution in [0.15, 0.2) is 0 Å². The van der Waals surface area contributed by atoms with Crippen LogP contribution >= 0.6 is 7.52 Å². The lowest BCUT2D eigenvalue weighted by atomic mass is 10.0. The Bertz CT molecular complexity index is 323. The van der Waals surface area contributed by atoms with Gasteiger partial charge in [-0.3, -0.25) is 4.57 Å². The van der Waals surface area contributed by atoms with Crippen molar-refractivity contribution in [1.82, 2.24) is 4.67 Å². The monoisotopic (exact) mass is 335 g/mol. The van der Waals surface area contributed by atoms with Crippen LogP contribution in [0.2, 0.25) is 0 Å². The molecule has 0 radical (unpaired) electrons. The summed E-state index contributed by atoms with van der Waals surface area (Å²) in [4.78, 5) is 0. The van der Waals surface area contributed by atoms with E-state index >= 15 is 0 Å². The van der Waals surface area contributed by atoms with Crippen LogP contribution in [0, 0.1) is 0 Å². The Balaban J connectivity index is 0.00000102. The minimum Gasteiger partial charge on any atom is -0.324 e. The summed E-state index contributed by atoms with van der Waals surface area (Å²) in [6.07, 6.45) is 5.09. The third-order valence-electron chi connectivity index (χ3n) is 4.79. The Morgan fingerprint density at radius 1 is 1.09 bits per heavy atom. The summed E-state index contributed by atoms with van der Waals surface area (Å²) < 4.78 is 21.1. The molecule has 4 nitrogen and oxygen atoms in total. The summed E-state index contributed by atoms with van der Waals surface area (Å²) in [6, 6.07) is 0.769. The summed E-state index contributed by atoms with van der Waals surface area (Å²) in [6.45, 7) is 16.8. The SMILES string of the molecule is CC.CC.CCOP(C)(=O)N1CCC([N+]2(C)CCCC2)CC1. The molecule has 2 rings (SSSR count). The molecular weight excluding hydrogens is 295 g/mol. The van der Waals surface area contributed by atoms with Crippen molar-refractivity contribution in [3.05, 3.63) is 0 Å². The van der Waals surface area contributed by atoms with Crippen molar-refractivity contribution < 1.29 is 13.6 Å². The molecule has 0 N–H and O–H groups in total. The molecule has 0 spiro atoms. The van der Waals surface area contributed by atoms with Crippen molar-refractivity contribution in [3.63, 3.8) is 0 Å². The average molecular weight is 335 g/mol. The maximum Gasteiger partial charge on any atom is 0.269 e. The fraction of sp³-hybridized carbons (Fsp3) is 1.00. The van der Waals surface area contributed by atoms with Crippen molar-refractivity contribution in [1.29, 1.82) is 0 Å². The quantitative estimate of drug-likeness (QED) is 0.555. The molecule has 0 amide bonds. The van der Waals surface area contributed by atoms with Gasteiger partial charge in [0.25, 0.3) is 7.52 Å². The van der Waals surface area contributed by atoms with E-state index in [2.05, 4.69) is 11.7 Å². The molecule has 0 aliphatic carbocycles. The zero-order valence-corrected chi connectivity index (χ0v) is 17.0. The molecular formula is C17H40N2O2P+. The predicted octanol–water partition coefficient (Wildman–Crippen LogP) is 4.60. The van der Waals surface area contributed by atoms with Crippen molar-refractivity contribution in [2.75, 3.05) is 46.5 Å². The topological polar surface area (TPSA) is 29.5 Å². The molecule has 0 aromatic carbocycles. The van der Waals surface area contributed by atoms with Crippen molar-refractivity contribution in [2.45, 2.75) is 66.3 Å². The largest absolute Gasteiger partial charge is 0.324 e. The zero-order valence-electron chi connectivity index (χ0n) is 16.1. The minimum atomic E-state index is -2.52. The Morgan fingerprint density at radius 2 is 1.55 bits per heavy atom. The first-order valence-corrected chi connectivity index (χ1v) is 11.3. The molecule has 2 heterocycles. The summed E-state index contributed by atoms with van der Waals surface area (Å²) >= 11 is 0. The number of nitrogens with zero attached hydrogens (tertiary/aromatic N) is 2. The maximum atomic E-state index is 12.4. The predicted molar refractivity (Wildman–Crippen MR) is 97.6 cm³/mol. The van der Waals surface area contributed by atoms with E-state index in [4.69, 9.17) is 4.52 Å². The molecule has 2 aliphatic rings. The van der Waals surface area contributed by atoms with Crippen molar-refractivity contribution in [2.24, 2.45) is 0 Å². The molecule has 2 fully saturated rings. The fourth-order valence-corrected chi connectivity index (χ4v) is 5.18. The molecule has 0 aromatic heterocycles. The van der Waals surface area contributed by atoms with E-state index in [9.17, 15) is 4.57 Å². The van der Waals surface area contributed by atoms with Gasteiger partial charge in [0.2, 0.25) is 0 Å². The first-order valence-electron chi connectivity index (χ1n) is 9.29. The van der Waals surface area contributed by atoms with Crippen LogP contribution in [0.25, 0.3) is 0 Å². The van der Waals surface area contributed by atoms with E-state index in [1.807, 2.05) is 34.6 Å². The lowest BCUT2D eigenvalue weighted by molar-refractivity contribution is -0.923. The minimum absolute atomic E-state index is 0.543. The Labute approximate surface area is 139 Å². The molecule has 0 aromatic rings. The van der Waals surface area contributed by atoms with E-state index in [0.717, 1.165) is 19.1 Å². The number of piperidine rings is 1. The lowest BCUT2D eigenvalue weighted by Gasteiger charge is -2.43. The van der Waals surface area contributed by atoms with Gasteiger partial charge in [0.1, 0.15) is 0 Å². The summed E-state index contributed by atoms with van der Waals surface area (Å²) in [5.41, 5.74) is 0. The van der Waals surface area contributed by atoms with E-state index in [-0.39, 0.29) is 0 Å². The first-order chi connectivity index (χ1) is 10.5. The molecule has 22 heavy (non-hydrogen) atoms. The fourth-order valence-electron chi connectivity index (χ4n) is 3.58. The third-order valence-corrected chi connectivity index (χ3v) is 6.96. The van der Waals surface area contributed by atoms with Gasteiger partial charge in [0.05, 0.1) is 32.8 Å². The van der Waals surface area contributed by atoms with Gasteiger partial charge in [0.15, 0.2) is 0 Å². The smallest absolute Gasteiger partial charge is 0.269 e. The van der Waals surface area contributed by atoms with Gasteiger partial charge in [0, 0.05) is 45.4 Å². The molecule has 0 bridgehead atoms. The number of rotatable bonds is 4. The highest BCUT2D eigenvalue weighted by Crippen LogP contribution is 2.48. The average Bonchev–Trinajstić information content (AvgIpc) is 2.99. The van der Waals surface area contributed by atoms with Gasteiger partial charge in [-0.15, -0.1) is 0 Å². The van der Waals surface area contributed by atoms with Gasteiger partial charge in [-0.05, 0) is 6.92 Å². The zero-order chi connectivity index (χ0) is 17.2. The molecule has 2 saturated heterocycles. The van der Waals surface area contributed by atoms with Crippen molar-refractivity contribution in [3.8, 4) is 0 Å². The highest BCUT2D eigenvalue weighted by Gasteiger charge is 2.40. The molecule has 1 atom stereocenters. The maximum absolute atomic E-state index is 12.4. The van der Waals surface area contributed by atoms with E-state index in [1.165, 1.54) is 43.3 Å². The number of likely N-dealkylation sites (tertiary alicyclic amines) is 1. The third kappa shape index (κ3) is 5.96. The highest BCUT2D eigenvalue weighted by atomic mass is 31.2. The van der Waals surface area contributed by atoms with E-state index in [1.54, 1.807) is 6.66 Å². The van der Waals surface area contributed by atoms with E-state index in [0.29, 0.717) is 6.61 Å². The van der Waals surface area contributed by atoms with Crippen molar-refractivity contribution >= 4 is 7.52 Å². The van der Waals surface area contributed by atoms with Crippen LogP contribution in [0.3, 0.4) is 0 Å². The number of hydrogen-bond acceptors (Lipinski definition) is 2. The lowest BCUT2D eigenvalue weighted by Crippen LogP contribution is -2.54. The van der Waals surface area contributed by atoms with Crippen LogP contribution < -0.4 is 0 Å². The van der Waals surface area contributed by atoms with Crippen LogP contribution in [0.4, 0.5) is 0 Å². The Hall–Kier alpha value is 0.110. The molecule has 0 saturated carbocycles. The molecule has 2 aliphatic heterocycles. The van der Waals surface area contributed by atoms with Gasteiger partial charge in [-0.2, -0.15) is 0 Å². The number of hydrogen-bond donors (Lipinski definition) is 0. The standard InChI is InChI=1S/C13H28N2O2P.2C2H6/c1-4-17-18(3,16)14-9-7-13(8-10-14)15(2)11-5-6-12-15;2*1-2/h13H,4-12H2,1-3H3;2*1-2H3/q+1;;. The van der Waals surface area contributed by atoms with Gasteiger partial charge < -0.3 is 9.01 Å². The Kier molecular flexibility index (Phi) is 10.9. The Morgan fingerprint density at radius 3 is 1.95 bits per heavy atom. The van der Waals surface area contributed by atoms with Crippen LogP contribution in [0.1, 0.15) is 60.3 Å².